The van der Waals surface area contributed by atoms with E-state index in [9.17, 15) is 13.2 Å². The Bertz CT molecular complexity index is 1300. The Morgan fingerprint density at radius 2 is 1.54 bits per heavy atom. The molecule has 0 aliphatic heterocycles. The summed E-state index contributed by atoms with van der Waals surface area (Å²) in [5, 5.41) is 3.21. The summed E-state index contributed by atoms with van der Waals surface area (Å²) in [6.07, 6.45) is 0.397. The topological polar surface area (TPSA) is 84.9 Å². The van der Waals surface area contributed by atoms with Crippen LogP contribution < -0.4 is 14.8 Å². The molecule has 1 amide bonds. The highest BCUT2D eigenvalue weighted by molar-refractivity contribution is 7.89. The van der Waals surface area contributed by atoms with Crippen LogP contribution in [0.4, 0.5) is 5.69 Å². The van der Waals surface area contributed by atoms with E-state index >= 15 is 0 Å². The van der Waals surface area contributed by atoms with Gasteiger partial charge in [-0.2, -0.15) is 4.31 Å². The number of hydrogen-bond donors (Lipinski definition) is 1. The zero-order valence-corrected chi connectivity index (χ0v) is 22.0. The number of benzene rings is 3. The van der Waals surface area contributed by atoms with Crippen LogP contribution in [-0.4, -0.2) is 45.9 Å². The van der Waals surface area contributed by atoms with E-state index in [0.29, 0.717) is 12.2 Å². The van der Waals surface area contributed by atoms with E-state index in [2.05, 4.69) is 5.32 Å². The van der Waals surface area contributed by atoms with Gasteiger partial charge in [0.25, 0.3) is 0 Å². The molecule has 3 aromatic rings. The Balaban J connectivity index is 1.89. The first-order valence-corrected chi connectivity index (χ1v) is 12.9. The Hall–Kier alpha value is -2.49. The molecule has 0 bridgehead atoms. The highest BCUT2D eigenvalue weighted by Gasteiger charge is 2.28. The molecule has 0 aliphatic rings. The van der Waals surface area contributed by atoms with Crippen molar-refractivity contribution in [2.75, 3.05) is 32.6 Å². The summed E-state index contributed by atoms with van der Waals surface area (Å²) in [4.78, 5) is 12.8. The van der Waals surface area contributed by atoms with Crippen molar-refractivity contribution in [1.82, 2.24) is 4.31 Å². The van der Waals surface area contributed by atoms with Gasteiger partial charge in [-0.3, -0.25) is 4.79 Å². The quantitative estimate of drug-likeness (QED) is 0.331. The van der Waals surface area contributed by atoms with Gasteiger partial charge < -0.3 is 14.8 Å². The van der Waals surface area contributed by atoms with Gasteiger partial charge in [0, 0.05) is 12.6 Å². The van der Waals surface area contributed by atoms with Gasteiger partial charge in [-0.15, -0.1) is 0 Å². The molecule has 0 spiro atoms. The van der Waals surface area contributed by atoms with Gasteiger partial charge in [-0.05, 0) is 36.2 Å². The van der Waals surface area contributed by atoms with E-state index in [1.54, 1.807) is 0 Å². The Labute approximate surface area is 219 Å². The molecule has 0 radical (unpaired) electrons. The van der Waals surface area contributed by atoms with Crippen molar-refractivity contribution in [1.29, 1.82) is 0 Å². The van der Waals surface area contributed by atoms with Gasteiger partial charge >= 0.3 is 0 Å². The minimum atomic E-state index is -4.08. The number of amides is 1. The Morgan fingerprint density at radius 3 is 2.20 bits per heavy atom. The van der Waals surface area contributed by atoms with E-state index in [1.807, 2.05) is 30.3 Å². The maximum Gasteiger partial charge on any atom is 0.243 e. The van der Waals surface area contributed by atoms with Crippen molar-refractivity contribution in [3.05, 3.63) is 81.3 Å². The molecule has 0 aliphatic carbocycles. The monoisotopic (exact) mass is 556 g/mol. The fourth-order valence-electron chi connectivity index (χ4n) is 3.28. The molecule has 0 saturated carbocycles. The minimum Gasteiger partial charge on any atom is -0.493 e. The first kappa shape index (κ1) is 27.1. The third-order valence-corrected chi connectivity index (χ3v) is 7.97. The van der Waals surface area contributed by atoms with Crippen molar-refractivity contribution < 1.29 is 22.7 Å². The zero-order chi connectivity index (χ0) is 25.6. The maximum absolute atomic E-state index is 13.6. The molecule has 186 valence electrons. The molecule has 0 aromatic heterocycles. The zero-order valence-electron chi connectivity index (χ0n) is 18.9. The number of carbonyl (C=O) groups is 1. The SMILES string of the molecule is COc1ccc(S(=O)(=O)N(CCc2ccccc2)CC(=O)Nc2cc(Cl)c(Cl)cc2Cl)cc1OC. The van der Waals surface area contributed by atoms with Crippen LogP contribution in [0.2, 0.25) is 15.1 Å². The van der Waals surface area contributed by atoms with Crippen LogP contribution in [0.15, 0.2) is 65.6 Å². The average molecular weight is 558 g/mol. The van der Waals surface area contributed by atoms with Crippen LogP contribution in [0, 0.1) is 0 Å². The largest absolute Gasteiger partial charge is 0.493 e. The fourth-order valence-corrected chi connectivity index (χ4v) is 5.28. The molecule has 3 aromatic carbocycles. The van der Waals surface area contributed by atoms with Crippen molar-refractivity contribution in [3.63, 3.8) is 0 Å². The molecule has 0 saturated heterocycles. The third kappa shape index (κ3) is 6.80. The first-order valence-electron chi connectivity index (χ1n) is 10.4. The summed E-state index contributed by atoms with van der Waals surface area (Å²) in [7, 11) is -1.22. The molecule has 0 atom stereocenters. The number of ether oxygens (including phenoxy) is 2. The van der Waals surface area contributed by atoms with Crippen LogP contribution in [-0.2, 0) is 21.2 Å². The number of carbonyl (C=O) groups excluding carboxylic acids is 1. The first-order chi connectivity index (χ1) is 16.6. The van der Waals surface area contributed by atoms with Gasteiger partial charge in [0.05, 0.1) is 46.4 Å². The molecule has 35 heavy (non-hydrogen) atoms. The van der Waals surface area contributed by atoms with Gasteiger partial charge in [0.15, 0.2) is 11.5 Å². The number of rotatable bonds is 10. The smallest absolute Gasteiger partial charge is 0.243 e. The number of sulfonamides is 1. The van der Waals surface area contributed by atoms with Crippen LogP contribution in [0.1, 0.15) is 5.56 Å². The molecular weight excluding hydrogens is 535 g/mol. The van der Waals surface area contributed by atoms with Crippen LogP contribution in [0.3, 0.4) is 0 Å². The summed E-state index contributed by atoms with van der Waals surface area (Å²) in [5.41, 5.74) is 1.14. The van der Waals surface area contributed by atoms with E-state index in [0.717, 1.165) is 9.87 Å². The fraction of sp³-hybridized carbons (Fsp3) is 0.208. The number of hydrogen-bond acceptors (Lipinski definition) is 5. The lowest BCUT2D eigenvalue weighted by Gasteiger charge is -2.23. The van der Waals surface area contributed by atoms with E-state index in [4.69, 9.17) is 44.3 Å². The summed E-state index contributed by atoms with van der Waals surface area (Å²) in [5.74, 6) is 0.0420. The van der Waals surface area contributed by atoms with Crippen LogP contribution in [0.25, 0.3) is 0 Å². The van der Waals surface area contributed by atoms with E-state index < -0.39 is 22.5 Å². The Morgan fingerprint density at radius 1 is 0.886 bits per heavy atom. The van der Waals surface area contributed by atoms with E-state index in [1.165, 1.54) is 44.6 Å². The second kappa shape index (κ2) is 12.0. The summed E-state index contributed by atoms with van der Waals surface area (Å²) in [6.45, 7) is -0.400. The van der Waals surface area contributed by atoms with Gasteiger partial charge in [-0.25, -0.2) is 8.42 Å². The lowest BCUT2D eigenvalue weighted by molar-refractivity contribution is -0.116. The van der Waals surface area contributed by atoms with Crippen molar-refractivity contribution in [2.45, 2.75) is 11.3 Å². The molecule has 0 fully saturated rings. The highest BCUT2D eigenvalue weighted by Crippen LogP contribution is 2.33. The number of nitrogens with zero attached hydrogens (tertiary/aromatic N) is 1. The summed E-state index contributed by atoms with van der Waals surface area (Å²) >= 11 is 18.1. The number of nitrogens with one attached hydrogen (secondary N) is 1. The van der Waals surface area contributed by atoms with Crippen molar-refractivity contribution >= 4 is 56.4 Å². The van der Waals surface area contributed by atoms with Crippen molar-refractivity contribution in [2.24, 2.45) is 0 Å². The minimum absolute atomic E-state index is 0.0384. The van der Waals surface area contributed by atoms with Gasteiger partial charge in [0.1, 0.15) is 0 Å². The lowest BCUT2D eigenvalue weighted by Crippen LogP contribution is -2.39. The molecule has 3 rings (SSSR count). The third-order valence-electron chi connectivity index (χ3n) is 5.09. The predicted octanol–water partition coefficient (Wildman–Crippen LogP) is 5.54. The lowest BCUT2D eigenvalue weighted by atomic mass is 10.1. The number of halogens is 3. The molecule has 7 nitrogen and oxygen atoms in total. The molecular formula is C24H23Cl3N2O5S. The summed E-state index contributed by atoms with van der Waals surface area (Å²) in [6, 6.07) is 16.4. The predicted molar refractivity (Wildman–Crippen MR) is 139 cm³/mol. The van der Waals surface area contributed by atoms with Crippen molar-refractivity contribution in [3.8, 4) is 11.5 Å². The molecule has 11 heteroatoms. The summed E-state index contributed by atoms with van der Waals surface area (Å²) < 4.78 is 38.7. The molecule has 0 heterocycles. The van der Waals surface area contributed by atoms with E-state index in [-0.39, 0.29) is 37.9 Å². The number of methoxy groups -OCH3 is 2. The second-order valence-corrected chi connectivity index (χ2v) is 10.5. The molecule has 0 unspecified atom stereocenters. The number of anilines is 1. The maximum atomic E-state index is 13.6. The standard InChI is InChI=1S/C24H23Cl3N2O5S/c1-33-22-9-8-17(12-23(22)34-2)35(31,32)29(11-10-16-6-4-3-5-7-16)15-24(30)28-21-14-19(26)18(25)13-20(21)27/h3-9,12-14H,10-11,15H2,1-2H3,(H,28,30). The van der Waals surface area contributed by atoms with Crippen LogP contribution in [0.5, 0.6) is 11.5 Å². The normalized spacial score (nSPS) is 11.4. The average Bonchev–Trinajstić information content (AvgIpc) is 2.85. The highest BCUT2D eigenvalue weighted by atomic mass is 35.5. The van der Waals surface area contributed by atoms with Gasteiger partial charge in [-0.1, -0.05) is 65.1 Å². The van der Waals surface area contributed by atoms with Gasteiger partial charge in [0.2, 0.25) is 15.9 Å². The Kier molecular flexibility index (Phi) is 9.27. The van der Waals surface area contributed by atoms with Crippen LogP contribution >= 0.6 is 34.8 Å². The second-order valence-electron chi connectivity index (χ2n) is 7.39. The molecule has 1 N–H and O–H groups in total.